The summed E-state index contributed by atoms with van der Waals surface area (Å²) in [5, 5.41) is 0. The average Bonchev–Trinajstić information content (AvgIpc) is 2.39. The molecule has 112 valence electrons. The SMILES string of the molecule is Cc1ccccc1CSCC(=O)N(C)C(C)CC(C)C. The molecule has 20 heavy (non-hydrogen) atoms. The van der Waals surface area contributed by atoms with E-state index in [1.807, 2.05) is 11.9 Å². The number of amides is 1. The molecule has 1 rings (SSSR count). The lowest BCUT2D eigenvalue weighted by molar-refractivity contribution is -0.129. The Bertz CT molecular complexity index is 431. The first-order valence-electron chi connectivity index (χ1n) is 7.29. The molecule has 0 radical (unpaired) electrons. The minimum absolute atomic E-state index is 0.233. The number of hydrogen-bond acceptors (Lipinski definition) is 2. The highest BCUT2D eigenvalue weighted by molar-refractivity contribution is 7.99. The van der Waals surface area contributed by atoms with E-state index in [4.69, 9.17) is 0 Å². The molecule has 0 aliphatic carbocycles. The van der Waals surface area contributed by atoms with Gasteiger partial charge >= 0.3 is 0 Å². The summed E-state index contributed by atoms with van der Waals surface area (Å²) in [7, 11) is 1.92. The zero-order valence-corrected chi connectivity index (χ0v) is 14.2. The van der Waals surface area contributed by atoms with E-state index >= 15 is 0 Å². The number of carbonyl (C=O) groups excluding carboxylic acids is 1. The maximum Gasteiger partial charge on any atom is 0.232 e. The molecule has 3 heteroatoms. The third kappa shape index (κ3) is 5.58. The molecule has 0 saturated carbocycles. The normalized spacial score (nSPS) is 12.5. The summed E-state index contributed by atoms with van der Waals surface area (Å²) in [5.41, 5.74) is 2.62. The fraction of sp³-hybridized carbons (Fsp3) is 0.588. The lowest BCUT2D eigenvalue weighted by Gasteiger charge is -2.26. The predicted molar refractivity (Wildman–Crippen MR) is 89.0 cm³/mol. The topological polar surface area (TPSA) is 20.3 Å². The Morgan fingerprint density at radius 2 is 1.90 bits per heavy atom. The molecule has 0 fully saturated rings. The molecule has 0 aromatic heterocycles. The zero-order valence-electron chi connectivity index (χ0n) is 13.3. The van der Waals surface area contributed by atoms with Crippen LogP contribution < -0.4 is 0 Å². The summed E-state index contributed by atoms with van der Waals surface area (Å²) in [5.74, 6) is 2.33. The quantitative estimate of drug-likeness (QED) is 0.753. The molecule has 1 atom stereocenters. The van der Waals surface area contributed by atoms with Crippen LogP contribution in [0.4, 0.5) is 0 Å². The highest BCUT2D eigenvalue weighted by Gasteiger charge is 2.16. The van der Waals surface area contributed by atoms with Crippen LogP contribution in [-0.4, -0.2) is 29.6 Å². The lowest BCUT2D eigenvalue weighted by Crippen LogP contribution is -2.37. The van der Waals surface area contributed by atoms with E-state index in [1.165, 1.54) is 11.1 Å². The van der Waals surface area contributed by atoms with Crippen molar-refractivity contribution in [2.45, 2.75) is 45.9 Å². The third-order valence-corrected chi connectivity index (χ3v) is 4.58. The predicted octanol–water partition coefficient (Wildman–Crippen LogP) is 4.12. The van der Waals surface area contributed by atoms with Crippen molar-refractivity contribution >= 4 is 17.7 Å². The Labute approximate surface area is 127 Å². The highest BCUT2D eigenvalue weighted by Crippen LogP contribution is 2.17. The maximum absolute atomic E-state index is 12.1. The second-order valence-corrected chi connectivity index (χ2v) is 6.89. The molecule has 1 aromatic rings. The molecule has 0 saturated heterocycles. The molecule has 0 N–H and O–H groups in total. The number of nitrogens with zero attached hydrogens (tertiary/aromatic N) is 1. The summed E-state index contributed by atoms with van der Waals surface area (Å²) in [6.07, 6.45) is 1.06. The summed E-state index contributed by atoms with van der Waals surface area (Å²) in [6, 6.07) is 8.69. The standard InChI is InChI=1S/C17H27NOS/c1-13(2)10-15(4)18(5)17(19)12-20-11-16-9-7-6-8-14(16)3/h6-9,13,15H,10-12H2,1-5H3. The van der Waals surface area contributed by atoms with Crippen LogP contribution in [0.5, 0.6) is 0 Å². The minimum atomic E-state index is 0.233. The van der Waals surface area contributed by atoms with Gasteiger partial charge in [-0.05, 0) is 37.3 Å². The van der Waals surface area contributed by atoms with Gasteiger partial charge in [-0.25, -0.2) is 0 Å². The van der Waals surface area contributed by atoms with E-state index in [-0.39, 0.29) is 5.91 Å². The molecule has 0 heterocycles. The van der Waals surface area contributed by atoms with Gasteiger partial charge in [-0.3, -0.25) is 4.79 Å². The largest absolute Gasteiger partial charge is 0.342 e. The molecule has 0 bridgehead atoms. The Balaban J connectivity index is 2.38. The van der Waals surface area contributed by atoms with Crippen molar-refractivity contribution in [3.8, 4) is 0 Å². The smallest absolute Gasteiger partial charge is 0.232 e. The number of thioether (sulfide) groups is 1. The van der Waals surface area contributed by atoms with Gasteiger partial charge in [0.15, 0.2) is 0 Å². The van der Waals surface area contributed by atoms with Crippen LogP contribution in [0.1, 0.15) is 38.3 Å². The first kappa shape index (κ1) is 17.1. The van der Waals surface area contributed by atoms with Gasteiger partial charge in [0.25, 0.3) is 0 Å². The molecule has 0 aliphatic heterocycles. The highest BCUT2D eigenvalue weighted by atomic mass is 32.2. The average molecular weight is 293 g/mol. The van der Waals surface area contributed by atoms with Gasteiger partial charge in [0.1, 0.15) is 0 Å². The number of carbonyl (C=O) groups is 1. The summed E-state index contributed by atoms with van der Waals surface area (Å²) in [6.45, 7) is 8.64. The van der Waals surface area contributed by atoms with Crippen molar-refractivity contribution in [2.24, 2.45) is 5.92 Å². The molecule has 2 nitrogen and oxygen atoms in total. The Hall–Kier alpha value is -0.960. The van der Waals surface area contributed by atoms with Crippen LogP contribution in [0.15, 0.2) is 24.3 Å². The molecule has 0 spiro atoms. The Morgan fingerprint density at radius 1 is 1.25 bits per heavy atom. The number of rotatable bonds is 7. The number of aryl methyl sites for hydroxylation is 1. The van der Waals surface area contributed by atoms with Crippen LogP contribution in [0.25, 0.3) is 0 Å². The summed E-state index contributed by atoms with van der Waals surface area (Å²) < 4.78 is 0. The first-order chi connectivity index (χ1) is 9.41. The van der Waals surface area contributed by atoms with Crippen LogP contribution in [-0.2, 0) is 10.5 Å². The Kier molecular flexibility index (Phi) is 7.14. The van der Waals surface area contributed by atoms with Gasteiger partial charge in [-0.2, -0.15) is 0 Å². The minimum Gasteiger partial charge on any atom is -0.342 e. The van der Waals surface area contributed by atoms with Crippen LogP contribution in [0.3, 0.4) is 0 Å². The van der Waals surface area contributed by atoms with Gasteiger partial charge in [-0.15, -0.1) is 11.8 Å². The van der Waals surface area contributed by atoms with E-state index in [0.717, 1.165) is 12.2 Å². The molecule has 0 aliphatic rings. The van der Waals surface area contributed by atoms with Crippen LogP contribution in [0.2, 0.25) is 0 Å². The number of hydrogen-bond donors (Lipinski definition) is 0. The molecule has 1 unspecified atom stereocenters. The first-order valence-corrected chi connectivity index (χ1v) is 8.45. The lowest BCUT2D eigenvalue weighted by atomic mass is 10.0. The van der Waals surface area contributed by atoms with Crippen molar-refractivity contribution in [1.29, 1.82) is 0 Å². The van der Waals surface area contributed by atoms with Crippen molar-refractivity contribution in [3.63, 3.8) is 0 Å². The molecule has 1 amide bonds. The molecule has 1 aromatic carbocycles. The van der Waals surface area contributed by atoms with Crippen molar-refractivity contribution in [1.82, 2.24) is 4.90 Å². The van der Waals surface area contributed by atoms with Gasteiger partial charge in [0, 0.05) is 18.8 Å². The zero-order chi connectivity index (χ0) is 15.1. The Morgan fingerprint density at radius 3 is 2.50 bits per heavy atom. The van der Waals surface area contributed by atoms with Crippen LogP contribution in [0, 0.1) is 12.8 Å². The fourth-order valence-electron chi connectivity index (χ4n) is 2.21. The van der Waals surface area contributed by atoms with E-state index in [2.05, 4.69) is 52.0 Å². The van der Waals surface area contributed by atoms with Gasteiger partial charge in [0.05, 0.1) is 5.75 Å². The van der Waals surface area contributed by atoms with E-state index < -0.39 is 0 Å². The summed E-state index contributed by atoms with van der Waals surface area (Å²) >= 11 is 1.70. The van der Waals surface area contributed by atoms with Gasteiger partial charge < -0.3 is 4.90 Å². The molecular weight excluding hydrogens is 266 g/mol. The van der Waals surface area contributed by atoms with E-state index in [1.54, 1.807) is 11.8 Å². The van der Waals surface area contributed by atoms with Gasteiger partial charge in [-0.1, -0.05) is 38.1 Å². The second-order valence-electron chi connectivity index (χ2n) is 5.90. The third-order valence-electron chi connectivity index (χ3n) is 3.61. The summed E-state index contributed by atoms with van der Waals surface area (Å²) in [4.78, 5) is 14.0. The van der Waals surface area contributed by atoms with Crippen molar-refractivity contribution in [3.05, 3.63) is 35.4 Å². The van der Waals surface area contributed by atoms with E-state index in [0.29, 0.717) is 17.7 Å². The second kappa shape index (κ2) is 8.35. The van der Waals surface area contributed by atoms with Crippen molar-refractivity contribution in [2.75, 3.05) is 12.8 Å². The van der Waals surface area contributed by atoms with Crippen LogP contribution >= 0.6 is 11.8 Å². The van der Waals surface area contributed by atoms with Crippen molar-refractivity contribution < 1.29 is 4.79 Å². The maximum atomic E-state index is 12.1. The fourth-order valence-corrected chi connectivity index (χ4v) is 3.23. The monoisotopic (exact) mass is 293 g/mol. The molecular formula is C17H27NOS. The van der Waals surface area contributed by atoms with Gasteiger partial charge in [0.2, 0.25) is 5.91 Å². The number of benzene rings is 1. The van der Waals surface area contributed by atoms with E-state index in [9.17, 15) is 4.79 Å².